The zero-order chi connectivity index (χ0) is 13.8. The number of rotatable bonds is 3. The molecule has 1 aromatic carbocycles. The fourth-order valence-electron chi connectivity index (χ4n) is 1.91. The molecular formula is C15H17N3O. The molecule has 0 unspecified atom stereocenters. The summed E-state index contributed by atoms with van der Waals surface area (Å²) in [7, 11) is 0. The lowest BCUT2D eigenvalue weighted by atomic mass is 10.1. The average molecular weight is 255 g/mol. The summed E-state index contributed by atoms with van der Waals surface area (Å²) in [4.78, 5) is 16.4. The second-order valence-corrected chi connectivity index (χ2v) is 4.53. The number of carbonyl (C=O) groups is 1. The van der Waals surface area contributed by atoms with Gasteiger partial charge in [-0.25, -0.2) is 0 Å². The summed E-state index contributed by atoms with van der Waals surface area (Å²) in [5, 5.41) is 2.86. The molecular weight excluding hydrogens is 238 g/mol. The first-order chi connectivity index (χ1) is 9.06. The van der Waals surface area contributed by atoms with Crippen LogP contribution in [0.4, 0.5) is 5.69 Å². The SMILES string of the molecule is Cc1cccc(CNC(=O)c2ccc(N)cc2C)n1. The van der Waals surface area contributed by atoms with Gasteiger partial charge in [0, 0.05) is 16.9 Å². The first-order valence-corrected chi connectivity index (χ1v) is 6.13. The van der Waals surface area contributed by atoms with Crippen LogP contribution in [0.3, 0.4) is 0 Å². The third-order valence-electron chi connectivity index (χ3n) is 2.87. The van der Waals surface area contributed by atoms with Gasteiger partial charge in [0.1, 0.15) is 0 Å². The number of carbonyl (C=O) groups excluding carboxylic acids is 1. The highest BCUT2D eigenvalue weighted by Gasteiger charge is 2.08. The van der Waals surface area contributed by atoms with E-state index in [-0.39, 0.29) is 5.91 Å². The Labute approximate surface area is 112 Å². The van der Waals surface area contributed by atoms with Gasteiger partial charge in [0.05, 0.1) is 12.2 Å². The largest absolute Gasteiger partial charge is 0.399 e. The van der Waals surface area contributed by atoms with Gasteiger partial charge in [0.2, 0.25) is 0 Å². The molecule has 98 valence electrons. The highest BCUT2D eigenvalue weighted by Crippen LogP contribution is 2.12. The highest BCUT2D eigenvalue weighted by atomic mass is 16.1. The normalized spacial score (nSPS) is 10.2. The van der Waals surface area contributed by atoms with Gasteiger partial charge in [-0.05, 0) is 49.7 Å². The van der Waals surface area contributed by atoms with Gasteiger partial charge in [-0.2, -0.15) is 0 Å². The van der Waals surface area contributed by atoms with Gasteiger partial charge in [-0.3, -0.25) is 9.78 Å². The van der Waals surface area contributed by atoms with E-state index in [4.69, 9.17) is 5.73 Å². The maximum Gasteiger partial charge on any atom is 0.251 e. The van der Waals surface area contributed by atoms with Crippen LogP contribution in [0.2, 0.25) is 0 Å². The number of aryl methyl sites for hydroxylation is 2. The Morgan fingerprint density at radius 3 is 2.74 bits per heavy atom. The van der Waals surface area contributed by atoms with E-state index in [9.17, 15) is 4.79 Å². The summed E-state index contributed by atoms with van der Waals surface area (Å²) in [5.41, 5.74) is 9.63. The maximum atomic E-state index is 12.1. The molecule has 1 aromatic heterocycles. The van der Waals surface area contributed by atoms with E-state index >= 15 is 0 Å². The number of aromatic nitrogens is 1. The second kappa shape index (κ2) is 5.52. The molecule has 2 aromatic rings. The van der Waals surface area contributed by atoms with Crippen LogP contribution in [0.25, 0.3) is 0 Å². The van der Waals surface area contributed by atoms with Crippen LogP contribution in [0, 0.1) is 13.8 Å². The van der Waals surface area contributed by atoms with Gasteiger partial charge in [0.15, 0.2) is 0 Å². The van der Waals surface area contributed by atoms with Crippen molar-refractivity contribution in [3.63, 3.8) is 0 Å². The summed E-state index contributed by atoms with van der Waals surface area (Å²) < 4.78 is 0. The predicted octanol–water partition coefficient (Wildman–Crippen LogP) is 2.21. The predicted molar refractivity (Wildman–Crippen MR) is 75.7 cm³/mol. The van der Waals surface area contributed by atoms with Gasteiger partial charge >= 0.3 is 0 Å². The number of nitrogens with zero attached hydrogens (tertiary/aromatic N) is 1. The molecule has 0 atom stereocenters. The van der Waals surface area contributed by atoms with E-state index in [1.165, 1.54) is 0 Å². The van der Waals surface area contributed by atoms with Crippen molar-refractivity contribution < 1.29 is 4.79 Å². The number of nitrogen functional groups attached to an aromatic ring is 1. The lowest BCUT2D eigenvalue weighted by Crippen LogP contribution is -2.24. The lowest BCUT2D eigenvalue weighted by molar-refractivity contribution is 0.0950. The van der Waals surface area contributed by atoms with Crippen molar-refractivity contribution in [3.8, 4) is 0 Å². The Morgan fingerprint density at radius 2 is 2.05 bits per heavy atom. The van der Waals surface area contributed by atoms with Crippen molar-refractivity contribution in [1.82, 2.24) is 10.3 Å². The zero-order valence-electron chi connectivity index (χ0n) is 11.1. The Bertz CT molecular complexity index is 608. The molecule has 0 saturated heterocycles. The molecule has 4 heteroatoms. The molecule has 0 bridgehead atoms. The van der Waals surface area contributed by atoms with Crippen molar-refractivity contribution in [3.05, 3.63) is 58.9 Å². The number of hydrogen-bond acceptors (Lipinski definition) is 3. The van der Waals surface area contributed by atoms with Crippen LogP contribution in [-0.4, -0.2) is 10.9 Å². The quantitative estimate of drug-likeness (QED) is 0.826. The Kier molecular flexibility index (Phi) is 3.80. The molecule has 19 heavy (non-hydrogen) atoms. The molecule has 0 radical (unpaired) electrons. The summed E-state index contributed by atoms with van der Waals surface area (Å²) in [5.74, 6) is -0.110. The van der Waals surface area contributed by atoms with Crippen LogP contribution in [-0.2, 0) is 6.54 Å². The molecule has 0 fully saturated rings. The molecule has 0 spiro atoms. The number of nitrogens with two attached hydrogens (primary N) is 1. The first kappa shape index (κ1) is 13.1. The van der Waals surface area contributed by atoms with Crippen molar-refractivity contribution in [2.45, 2.75) is 20.4 Å². The molecule has 3 N–H and O–H groups in total. The molecule has 0 aliphatic carbocycles. The second-order valence-electron chi connectivity index (χ2n) is 4.53. The van der Waals surface area contributed by atoms with Crippen LogP contribution in [0.1, 0.15) is 27.3 Å². The summed E-state index contributed by atoms with van der Waals surface area (Å²) >= 11 is 0. The fourth-order valence-corrected chi connectivity index (χ4v) is 1.91. The number of benzene rings is 1. The molecule has 4 nitrogen and oxygen atoms in total. The zero-order valence-corrected chi connectivity index (χ0v) is 11.1. The molecule has 2 rings (SSSR count). The van der Waals surface area contributed by atoms with Gasteiger partial charge in [-0.15, -0.1) is 0 Å². The fraction of sp³-hybridized carbons (Fsp3) is 0.200. The molecule has 1 amide bonds. The van der Waals surface area contributed by atoms with Crippen molar-refractivity contribution in [2.24, 2.45) is 0 Å². The van der Waals surface area contributed by atoms with Gasteiger partial charge in [-0.1, -0.05) is 6.07 Å². The minimum atomic E-state index is -0.110. The lowest BCUT2D eigenvalue weighted by Gasteiger charge is -2.08. The van der Waals surface area contributed by atoms with E-state index in [0.29, 0.717) is 17.8 Å². The molecule has 1 heterocycles. The Morgan fingerprint density at radius 1 is 1.26 bits per heavy atom. The van der Waals surface area contributed by atoms with Crippen LogP contribution >= 0.6 is 0 Å². The standard InChI is InChI=1S/C15H17N3O/c1-10-8-12(16)6-7-14(10)15(19)17-9-13-5-3-4-11(2)18-13/h3-8H,9,16H2,1-2H3,(H,17,19). The van der Waals surface area contributed by atoms with E-state index in [2.05, 4.69) is 10.3 Å². The van der Waals surface area contributed by atoms with Crippen molar-refractivity contribution >= 4 is 11.6 Å². The minimum absolute atomic E-state index is 0.110. The topological polar surface area (TPSA) is 68.0 Å². The highest BCUT2D eigenvalue weighted by molar-refractivity contribution is 5.95. The van der Waals surface area contributed by atoms with E-state index < -0.39 is 0 Å². The third kappa shape index (κ3) is 3.31. The maximum absolute atomic E-state index is 12.1. The Hall–Kier alpha value is -2.36. The minimum Gasteiger partial charge on any atom is -0.399 e. The van der Waals surface area contributed by atoms with Crippen molar-refractivity contribution in [2.75, 3.05) is 5.73 Å². The number of hydrogen-bond donors (Lipinski definition) is 2. The molecule has 0 aliphatic rings. The third-order valence-corrected chi connectivity index (χ3v) is 2.87. The van der Waals surface area contributed by atoms with Gasteiger partial charge in [0.25, 0.3) is 5.91 Å². The number of anilines is 1. The summed E-state index contributed by atoms with van der Waals surface area (Å²) in [6.45, 7) is 4.22. The van der Waals surface area contributed by atoms with E-state index in [1.807, 2.05) is 32.0 Å². The number of pyridine rings is 1. The summed E-state index contributed by atoms with van der Waals surface area (Å²) in [6, 6.07) is 11.0. The Balaban J connectivity index is 2.05. The molecule has 0 aliphatic heterocycles. The van der Waals surface area contributed by atoms with Crippen LogP contribution in [0.15, 0.2) is 36.4 Å². The van der Waals surface area contributed by atoms with E-state index in [0.717, 1.165) is 17.0 Å². The smallest absolute Gasteiger partial charge is 0.251 e. The van der Waals surface area contributed by atoms with E-state index in [1.54, 1.807) is 18.2 Å². The first-order valence-electron chi connectivity index (χ1n) is 6.13. The molecule has 0 saturated carbocycles. The van der Waals surface area contributed by atoms with Crippen LogP contribution in [0.5, 0.6) is 0 Å². The number of nitrogens with one attached hydrogen (secondary N) is 1. The van der Waals surface area contributed by atoms with Crippen LogP contribution < -0.4 is 11.1 Å². The monoisotopic (exact) mass is 255 g/mol. The number of amides is 1. The van der Waals surface area contributed by atoms with Gasteiger partial charge < -0.3 is 11.1 Å². The summed E-state index contributed by atoms with van der Waals surface area (Å²) in [6.07, 6.45) is 0. The van der Waals surface area contributed by atoms with Crippen molar-refractivity contribution in [1.29, 1.82) is 0 Å². The average Bonchev–Trinajstić information content (AvgIpc) is 2.36.